The molecule has 0 saturated carbocycles. The van der Waals surface area contributed by atoms with Crippen LogP contribution in [0.2, 0.25) is 5.02 Å². The normalized spacial score (nSPS) is 11.5. The Morgan fingerprint density at radius 1 is 1.40 bits per heavy atom. The van der Waals surface area contributed by atoms with E-state index in [2.05, 4.69) is 15.9 Å². The molecule has 0 aromatic heterocycles. The zero-order valence-corrected chi connectivity index (χ0v) is 11.3. The lowest BCUT2D eigenvalue weighted by molar-refractivity contribution is 0.101. The van der Waals surface area contributed by atoms with Gasteiger partial charge in [0, 0.05) is 20.7 Å². The fraction of sp³-hybridized carbons (Fsp3) is 0.125. The molecule has 0 atom stereocenters. The van der Waals surface area contributed by atoms with Gasteiger partial charge in [-0.05, 0) is 35.0 Å². The van der Waals surface area contributed by atoms with E-state index in [0.717, 1.165) is 6.07 Å². The summed E-state index contributed by atoms with van der Waals surface area (Å²) in [5, 5.41) is 0.179. The number of hydrogen-bond donors (Lipinski definition) is 0. The summed E-state index contributed by atoms with van der Waals surface area (Å²) in [6.45, 7) is 1.29. The number of hydrogen-bond acceptors (Lipinski definition) is 3. The number of rotatable bonds is 2. The molecular formula is C8H5BrCl2O3S. The molecule has 1 rings (SSSR count). The van der Waals surface area contributed by atoms with Crippen LogP contribution >= 0.6 is 38.2 Å². The predicted octanol–water partition coefficient (Wildman–Crippen LogP) is 3.23. The van der Waals surface area contributed by atoms with E-state index in [9.17, 15) is 13.2 Å². The van der Waals surface area contributed by atoms with Crippen molar-refractivity contribution in [2.24, 2.45) is 0 Å². The summed E-state index contributed by atoms with van der Waals surface area (Å²) >= 11 is 8.76. The van der Waals surface area contributed by atoms with E-state index < -0.39 is 9.05 Å². The smallest absolute Gasteiger partial charge is 0.262 e. The van der Waals surface area contributed by atoms with Crippen LogP contribution in [0.25, 0.3) is 0 Å². The maximum absolute atomic E-state index is 11.1. The minimum absolute atomic E-state index is 0.124. The van der Waals surface area contributed by atoms with Crippen molar-refractivity contribution >= 4 is 53.0 Å². The Balaban J connectivity index is 3.58. The summed E-state index contributed by atoms with van der Waals surface area (Å²) in [5.74, 6) is -0.325. The molecule has 0 aliphatic carbocycles. The molecule has 15 heavy (non-hydrogen) atoms. The van der Waals surface area contributed by atoms with E-state index in [1.807, 2.05) is 0 Å². The molecule has 7 heteroatoms. The van der Waals surface area contributed by atoms with Crippen molar-refractivity contribution in [1.82, 2.24) is 0 Å². The van der Waals surface area contributed by atoms with E-state index in [1.165, 1.54) is 13.0 Å². The van der Waals surface area contributed by atoms with Crippen LogP contribution in [0, 0.1) is 0 Å². The molecule has 0 aliphatic heterocycles. The van der Waals surface area contributed by atoms with Gasteiger partial charge in [-0.1, -0.05) is 11.6 Å². The van der Waals surface area contributed by atoms with Crippen molar-refractivity contribution in [2.45, 2.75) is 11.8 Å². The topological polar surface area (TPSA) is 51.2 Å². The zero-order valence-electron chi connectivity index (χ0n) is 7.42. The van der Waals surface area contributed by atoms with Gasteiger partial charge in [-0.25, -0.2) is 8.42 Å². The van der Waals surface area contributed by atoms with Gasteiger partial charge in [-0.15, -0.1) is 0 Å². The van der Waals surface area contributed by atoms with E-state index >= 15 is 0 Å². The van der Waals surface area contributed by atoms with Crippen molar-refractivity contribution < 1.29 is 13.2 Å². The quantitative estimate of drug-likeness (QED) is 0.617. The minimum atomic E-state index is -3.89. The third kappa shape index (κ3) is 2.93. The zero-order chi connectivity index (χ0) is 11.8. The lowest BCUT2D eigenvalue weighted by atomic mass is 10.1. The van der Waals surface area contributed by atoms with E-state index in [1.54, 1.807) is 0 Å². The van der Waals surface area contributed by atoms with E-state index in [0.29, 0.717) is 0 Å². The summed E-state index contributed by atoms with van der Waals surface area (Å²) in [7, 11) is 1.29. The minimum Gasteiger partial charge on any atom is -0.294 e. The van der Waals surface area contributed by atoms with Crippen molar-refractivity contribution in [3.63, 3.8) is 0 Å². The molecule has 1 aromatic carbocycles. The van der Waals surface area contributed by atoms with Gasteiger partial charge in [0.15, 0.2) is 5.78 Å². The first-order valence-electron chi connectivity index (χ1n) is 3.68. The predicted molar refractivity (Wildman–Crippen MR) is 62.2 cm³/mol. The van der Waals surface area contributed by atoms with Gasteiger partial charge < -0.3 is 0 Å². The molecule has 3 nitrogen and oxygen atoms in total. The molecule has 0 N–H and O–H groups in total. The molecule has 0 heterocycles. The lowest BCUT2D eigenvalue weighted by Gasteiger charge is -2.05. The number of Topliss-reactive ketones (excluding diaryl/α,β-unsaturated/α-hetero) is 1. The van der Waals surface area contributed by atoms with Gasteiger partial charge in [0.05, 0.1) is 9.92 Å². The van der Waals surface area contributed by atoms with Crippen LogP contribution in [0.4, 0.5) is 0 Å². The first-order chi connectivity index (χ1) is 6.73. The van der Waals surface area contributed by atoms with E-state index in [-0.39, 0.29) is 25.7 Å². The third-order valence-corrected chi connectivity index (χ3v) is 4.26. The van der Waals surface area contributed by atoms with Crippen LogP contribution in [0.15, 0.2) is 21.5 Å². The summed E-state index contributed by atoms with van der Waals surface area (Å²) in [5.41, 5.74) is 0.124. The Morgan fingerprint density at radius 2 is 1.93 bits per heavy atom. The molecule has 0 unspecified atom stereocenters. The van der Waals surface area contributed by atoms with Gasteiger partial charge in [0.2, 0.25) is 0 Å². The number of ketones is 1. The van der Waals surface area contributed by atoms with Gasteiger partial charge in [-0.2, -0.15) is 0 Å². The summed E-state index contributed by atoms with van der Waals surface area (Å²) in [4.78, 5) is 11.0. The number of carbonyl (C=O) groups is 1. The van der Waals surface area contributed by atoms with Gasteiger partial charge in [-0.3, -0.25) is 4.79 Å². The molecule has 0 radical (unpaired) electrons. The molecule has 0 bridgehead atoms. The maximum atomic E-state index is 11.1. The SMILES string of the molecule is CC(=O)c1cc(S(=O)(=O)Cl)c(Br)cc1Cl. The fourth-order valence-electron chi connectivity index (χ4n) is 0.986. The van der Waals surface area contributed by atoms with Crippen LogP contribution in [-0.2, 0) is 9.05 Å². The molecule has 0 aliphatic rings. The average molecular weight is 332 g/mol. The monoisotopic (exact) mass is 330 g/mol. The first kappa shape index (κ1) is 13.0. The van der Waals surface area contributed by atoms with Crippen LogP contribution in [0.1, 0.15) is 17.3 Å². The van der Waals surface area contributed by atoms with Gasteiger partial charge in [0.25, 0.3) is 9.05 Å². The highest BCUT2D eigenvalue weighted by atomic mass is 79.9. The van der Waals surface area contributed by atoms with E-state index in [4.69, 9.17) is 22.3 Å². The van der Waals surface area contributed by atoms with Crippen LogP contribution in [0.5, 0.6) is 0 Å². The molecule has 0 saturated heterocycles. The second-order valence-electron chi connectivity index (χ2n) is 2.76. The van der Waals surface area contributed by atoms with Crippen molar-refractivity contribution in [2.75, 3.05) is 0 Å². The summed E-state index contributed by atoms with van der Waals surface area (Å²) < 4.78 is 22.5. The van der Waals surface area contributed by atoms with Crippen LogP contribution in [0.3, 0.4) is 0 Å². The summed E-state index contributed by atoms with van der Waals surface area (Å²) in [6.07, 6.45) is 0. The highest BCUT2D eigenvalue weighted by Gasteiger charge is 2.18. The maximum Gasteiger partial charge on any atom is 0.262 e. The van der Waals surface area contributed by atoms with Gasteiger partial charge >= 0.3 is 0 Å². The Morgan fingerprint density at radius 3 is 2.33 bits per heavy atom. The van der Waals surface area contributed by atoms with Crippen molar-refractivity contribution in [3.8, 4) is 0 Å². The second kappa shape index (κ2) is 4.41. The number of halogens is 3. The van der Waals surface area contributed by atoms with Crippen molar-refractivity contribution in [1.29, 1.82) is 0 Å². The molecule has 0 fully saturated rings. The second-order valence-corrected chi connectivity index (χ2v) is 6.55. The lowest BCUT2D eigenvalue weighted by Crippen LogP contribution is -1.99. The Kier molecular flexibility index (Phi) is 3.81. The molecule has 0 spiro atoms. The third-order valence-electron chi connectivity index (χ3n) is 1.66. The Labute approximate surface area is 105 Å². The largest absolute Gasteiger partial charge is 0.294 e. The standard InChI is InChI=1S/C8H5BrCl2O3S/c1-4(12)5-2-8(15(11,13)14)6(9)3-7(5)10/h2-3H,1H3. The molecule has 82 valence electrons. The Bertz CT molecular complexity index is 525. The molecule has 1 aromatic rings. The molecule has 0 amide bonds. The van der Waals surface area contributed by atoms with Gasteiger partial charge in [0.1, 0.15) is 0 Å². The molecular weight excluding hydrogens is 327 g/mol. The van der Waals surface area contributed by atoms with Crippen LogP contribution < -0.4 is 0 Å². The average Bonchev–Trinajstić information content (AvgIpc) is 2.00. The number of benzene rings is 1. The first-order valence-corrected chi connectivity index (χ1v) is 7.16. The summed E-state index contributed by atoms with van der Waals surface area (Å²) in [6, 6.07) is 2.48. The Hall–Kier alpha value is -0.100. The highest BCUT2D eigenvalue weighted by Crippen LogP contribution is 2.31. The van der Waals surface area contributed by atoms with Crippen molar-refractivity contribution in [3.05, 3.63) is 27.2 Å². The highest BCUT2D eigenvalue weighted by molar-refractivity contribution is 9.10. The number of carbonyl (C=O) groups excluding carboxylic acids is 1. The fourth-order valence-corrected chi connectivity index (χ4v) is 3.61. The van der Waals surface area contributed by atoms with Crippen LogP contribution in [-0.4, -0.2) is 14.2 Å².